The zero-order chi connectivity index (χ0) is 24.2. The molecule has 2 amide bonds. The molecule has 1 unspecified atom stereocenters. The molecule has 1 saturated carbocycles. The monoisotopic (exact) mass is 464 g/mol. The van der Waals surface area contributed by atoms with Gasteiger partial charge in [0.25, 0.3) is 0 Å². The molecule has 3 N–H and O–H groups in total. The standard InChI is InChI=1S/C27H32N2O5/c1-16(2)25(26(32)28-18-12-11-17(13-18)14-24(30)31)29-27(33)34-15-23-21-9-5-3-7-19(21)20-8-4-6-10-22(20)23/h3-10,16-18,23,25H,11-15H2,1-2H3,(H,28,32)(H,29,33)(H,30,31)/t17-,18+,25?/m0/s1. The van der Waals surface area contributed by atoms with E-state index in [1.807, 2.05) is 38.1 Å². The fraction of sp³-hybridized carbons (Fsp3) is 0.444. The Labute approximate surface area is 199 Å². The molecule has 0 aromatic heterocycles. The Morgan fingerprint density at radius 2 is 1.62 bits per heavy atom. The van der Waals surface area contributed by atoms with Gasteiger partial charge in [0.1, 0.15) is 12.6 Å². The van der Waals surface area contributed by atoms with E-state index >= 15 is 0 Å². The van der Waals surface area contributed by atoms with Gasteiger partial charge < -0.3 is 20.5 Å². The number of carboxylic acids is 1. The molecule has 0 aliphatic heterocycles. The molecule has 7 heteroatoms. The van der Waals surface area contributed by atoms with Crippen molar-refractivity contribution in [1.82, 2.24) is 10.6 Å². The molecule has 0 heterocycles. The topological polar surface area (TPSA) is 105 Å². The van der Waals surface area contributed by atoms with Crippen LogP contribution in [0.15, 0.2) is 48.5 Å². The van der Waals surface area contributed by atoms with Crippen LogP contribution in [0.2, 0.25) is 0 Å². The van der Waals surface area contributed by atoms with Crippen molar-refractivity contribution in [3.63, 3.8) is 0 Å². The van der Waals surface area contributed by atoms with E-state index in [-0.39, 0.29) is 42.7 Å². The molecule has 34 heavy (non-hydrogen) atoms. The highest BCUT2D eigenvalue weighted by Gasteiger charge is 2.32. The van der Waals surface area contributed by atoms with E-state index < -0.39 is 18.1 Å². The fourth-order valence-electron chi connectivity index (χ4n) is 5.23. The number of benzene rings is 2. The third kappa shape index (κ3) is 5.24. The lowest BCUT2D eigenvalue weighted by Gasteiger charge is -2.24. The first kappa shape index (κ1) is 23.8. The van der Waals surface area contributed by atoms with Crippen molar-refractivity contribution < 1.29 is 24.2 Å². The number of carbonyl (C=O) groups is 3. The van der Waals surface area contributed by atoms with Crippen LogP contribution < -0.4 is 10.6 Å². The summed E-state index contributed by atoms with van der Waals surface area (Å²) in [7, 11) is 0. The zero-order valence-electron chi connectivity index (χ0n) is 19.6. The van der Waals surface area contributed by atoms with Crippen molar-refractivity contribution in [3.8, 4) is 11.1 Å². The molecule has 1 fully saturated rings. The molecular formula is C27H32N2O5. The largest absolute Gasteiger partial charge is 0.481 e. The van der Waals surface area contributed by atoms with Gasteiger partial charge in [0.05, 0.1) is 0 Å². The summed E-state index contributed by atoms with van der Waals surface area (Å²) < 4.78 is 5.61. The van der Waals surface area contributed by atoms with Gasteiger partial charge in [0, 0.05) is 18.4 Å². The normalized spacial score (nSPS) is 19.9. The molecule has 2 aliphatic carbocycles. The molecule has 0 bridgehead atoms. The molecule has 7 nitrogen and oxygen atoms in total. The number of rotatable bonds is 8. The number of nitrogens with one attached hydrogen (secondary N) is 2. The van der Waals surface area contributed by atoms with Crippen LogP contribution in [0.5, 0.6) is 0 Å². The van der Waals surface area contributed by atoms with E-state index in [1.54, 1.807) is 0 Å². The van der Waals surface area contributed by atoms with E-state index in [4.69, 9.17) is 9.84 Å². The number of carboxylic acid groups (broad SMARTS) is 1. The molecule has 3 atom stereocenters. The number of ether oxygens (including phenoxy) is 1. The second kappa shape index (κ2) is 10.3. The van der Waals surface area contributed by atoms with Crippen LogP contribution in [0, 0.1) is 11.8 Å². The van der Waals surface area contributed by atoms with E-state index in [2.05, 4.69) is 34.9 Å². The number of fused-ring (bicyclic) bond motifs is 3. The second-order valence-electron chi connectivity index (χ2n) is 9.67. The van der Waals surface area contributed by atoms with E-state index in [0.717, 1.165) is 35.1 Å². The Bertz CT molecular complexity index is 1020. The number of hydrogen-bond acceptors (Lipinski definition) is 4. The summed E-state index contributed by atoms with van der Waals surface area (Å²) in [5.41, 5.74) is 4.58. The quantitative estimate of drug-likeness (QED) is 0.540. The molecule has 4 rings (SSSR count). The van der Waals surface area contributed by atoms with Crippen LogP contribution in [0.3, 0.4) is 0 Å². The minimum absolute atomic E-state index is 0.0471. The summed E-state index contributed by atoms with van der Waals surface area (Å²) >= 11 is 0. The summed E-state index contributed by atoms with van der Waals surface area (Å²) in [6, 6.07) is 15.5. The minimum atomic E-state index is -0.811. The van der Waals surface area contributed by atoms with Gasteiger partial charge in [-0.25, -0.2) is 4.79 Å². The van der Waals surface area contributed by atoms with Crippen LogP contribution in [0.4, 0.5) is 4.79 Å². The van der Waals surface area contributed by atoms with Gasteiger partial charge >= 0.3 is 12.1 Å². The number of aliphatic carboxylic acids is 1. The molecule has 0 spiro atoms. The summed E-state index contributed by atoms with van der Waals surface area (Å²) in [4.78, 5) is 36.5. The smallest absolute Gasteiger partial charge is 0.407 e. The molecule has 2 aromatic carbocycles. The predicted octanol–water partition coefficient (Wildman–Crippen LogP) is 4.31. The van der Waals surface area contributed by atoms with Crippen molar-refractivity contribution >= 4 is 18.0 Å². The molecule has 0 radical (unpaired) electrons. The first-order chi connectivity index (χ1) is 16.3. The lowest BCUT2D eigenvalue weighted by molar-refractivity contribution is -0.138. The predicted molar refractivity (Wildman–Crippen MR) is 128 cm³/mol. The van der Waals surface area contributed by atoms with Crippen molar-refractivity contribution in [2.24, 2.45) is 11.8 Å². The van der Waals surface area contributed by atoms with Gasteiger partial charge in [-0.15, -0.1) is 0 Å². The third-order valence-electron chi connectivity index (χ3n) is 6.92. The Morgan fingerprint density at radius 3 is 2.21 bits per heavy atom. The van der Waals surface area contributed by atoms with Gasteiger partial charge in [-0.3, -0.25) is 9.59 Å². The van der Waals surface area contributed by atoms with Crippen molar-refractivity contribution in [2.75, 3.05) is 6.61 Å². The Balaban J connectivity index is 1.34. The summed E-state index contributed by atoms with van der Waals surface area (Å²) in [6.45, 7) is 3.93. The maximum atomic E-state index is 12.9. The second-order valence-corrected chi connectivity index (χ2v) is 9.67. The van der Waals surface area contributed by atoms with Crippen LogP contribution in [-0.2, 0) is 14.3 Å². The SMILES string of the molecule is CC(C)C(NC(=O)OCC1c2ccccc2-c2ccccc21)C(=O)N[C@@H]1CC[C@H](CC(=O)O)C1. The lowest BCUT2D eigenvalue weighted by atomic mass is 9.98. The highest BCUT2D eigenvalue weighted by molar-refractivity contribution is 5.86. The van der Waals surface area contributed by atoms with Crippen LogP contribution in [0.1, 0.15) is 56.6 Å². The number of amides is 2. The molecular weight excluding hydrogens is 432 g/mol. The fourth-order valence-corrected chi connectivity index (χ4v) is 5.23. The van der Waals surface area contributed by atoms with Crippen LogP contribution in [-0.4, -0.2) is 41.8 Å². The maximum absolute atomic E-state index is 12.9. The molecule has 2 aromatic rings. The van der Waals surface area contributed by atoms with Crippen LogP contribution >= 0.6 is 0 Å². The van der Waals surface area contributed by atoms with E-state index in [9.17, 15) is 14.4 Å². The third-order valence-corrected chi connectivity index (χ3v) is 6.92. The van der Waals surface area contributed by atoms with Gasteiger partial charge in [-0.1, -0.05) is 62.4 Å². The number of alkyl carbamates (subject to hydrolysis) is 1. The Kier molecular flexibility index (Phi) is 7.20. The number of hydrogen-bond donors (Lipinski definition) is 3. The Hall–Kier alpha value is -3.35. The average Bonchev–Trinajstić information content (AvgIpc) is 3.37. The highest BCUT2D eigenvalue weighted by Crippen LogP contribution is 2.44. The van der Waals surface area contributed by atoms with Gasteiger partial charge in [0.2, 0.25) is 5.91 Å². The zero-order valence-corrected chi connectivity index (χ0v) is 19.6. The van der Waals surface area contributed by atoms with Crippen molar-refractivity contribution in [1.29, 1.82) is 0 Å². The summed E-state index contributed by atoms with van der Waals surface area (Å²) in [5.74, 6) is -1.17. The summed E-state index contributed by atoms with van der Waals surface area (Å²) in [5, 5.41) is 14.7. The average molecular weight is 465 g/mol. The first-order valence-electron chi connectivity index (χ1n) is 12.0. The van der Waals surface area contributed by atoms with Gasteiger partial charge in [-0.2, -0.15) is 0 Å². The van der Waals surface area contributed by atoms with Gasteiger partial charge in [0.15, 0.2) is 0 Å². The molecule has 180 valence electrons. The van der Waals surface area contributed by atoms with Gasteiger partial charge in [-0.05, 0) is 53.4 Å². The van der Waals surface area contributed by atoms with Crippen LogP contribution in [0.25, 0.3) is 11.1 Å². The maximum Gasteiger partial charge on any atom is 0.407 e. The molecule has 0 saturated heterocycles. The number of carbonyl (C=O) groups excluding carboxylic acids is 2. The van der Waals surface area contributed by atoms with E-state index in [1.165, 1.54) is 0 Å². The molecule has 2 aliphatic rings. The summed E-state index contributed by atoms with van der Waals surface area (Å²) in [6.07, 6.45) is 1.68. The highest BCUT2D eigenvalue weighted by atomic mass is 16.5. The lowest BCUT2D eigenvalue weighted by Crippen LogP contribution is -2.52. The van der Waals surface area contributed by atoms with Crippen molar-refractivity contribution in [3.05, 3.63) is 59.7 Å². The first-order valence-corrected chi connectivity index (χ1v) is 12.0. The van der Waals surface area contributed by atoms with E-state index in [0.29, 0.717) is 6.42 Å². The van der Waals surface area contributed by atoms with Crippen molar-refractivity contribution in [2.45, 2.75) is 57.5 Å². The minimum Gasteiger partial charge on any atom is -0.481 e. The Morgan fingerprint density at radius 1 is 1.00 bits per heavy atom.